The topological polar surface area (TPSA) is 91.5 Å². The third kappa shape index (κ3) is 4.98. The summed E-state index contributed by atoms with van der Waals surface area (Å²) in [5.41, 5.74) is 2.38. The van der Waals surface area contributed by atoms with Crippen LogP contribution < -0.4 is 4.72 Å². The summed E-state index contributed by atoms with van der Waals surface area (Å²) < 4.78 is 34.6. The molecule has 2 heterocycles. The Hall–Kier alpha value is -2.39. The lowest BCUT2D eigenvalue weighted by atomic mass is 9.85. The molecular formula is C26H30ClN3O4S. The number of aromatic nitrogens is 1. The number of hydrogen-bond acceptors (Lipinski definition) is 4. The van der Waals surface area contributed by atoms with Crippen molar-refractivity contribution in [3.8, 4) is 11.3 Å². The smallest absolute Gasteiger partial charge is 0.240 e. The Morgan fingerprint density at radius 1 is 1.11 bits per heavy atom. The summed E-state index contributed by atoms with van der Waals surface area (Å²) >= 11 is 6.58. The molecule has 1 atom stereocenters. The van der Waals surface area contributed by atoms with Gasteiger partial charge < -0.3 is 14.6 Å². The van der Waals surface area contributed by atoms with E-state index in [1.54, 1.807) is 18.2 Å². The predicted octanol–water partition coefficient (Wildman–Crippen LogP) is 4.57. The van der Waals surface area contributed by atoms with E-state index in [2.05, 4.69) is 9.71 Å². The van der Waals surface area contributed by atoms with E-state index in [9.17, 15) is 13.2 Å². The second-order valence-electron chi connectivity index (χ2n) is 9.51. The van der Waals surface area contributed by atoms with Crippen LogP contribution in [-0.2, 0) is 19.6 Å². The Labute approximate surface area is 210 Å². The van der Waals surface area contributed by atoms with Crippen molar-refractivity contribution in [1.82, 2.24) is 14.6 Å². The zero-order chi connectivity index (χ0) is 24.6. The first-order chi connectivity index (χ1) is 16.8. The number of nitrogens with zero attached hydrogens (tertiary/aromatic N) is 1. The van der Waals surface area contributed by atoms with Crippen molar-refractivity contribution in [1.29, 1.82) is 0 Å². The van der Waals surface area contributed by atoms with Gasteiger partial charge in [-0.2, -0.15) is 0 Å². The van der Waals surface area contributed by atoms with Crippen LogP contribution in [-0.4, -0.2) is 56.1 Å². The third-order valence-electron chi connectivity index (χ3n) is 7.13. The zero-order valence-electron chi connectivity index (χ0n) is 19.7. The van der Waals surface area contributed by atoms with Crippen LogP contribution in [0.5, 0.6) is 0 Å². The monoisotopic (exact) mass is 515 g/mol. The minimum Gasteiger partial charge on any atom is -0.377 e. The number of sulfonamides is 1. The highest BCUT2D eigenvalue weighted by Crippen LogP contribution is 2.35. The number of H-pyrrole nitrogens is 1. The van der Waals surface area contributed by atoms with Crippen molar-refractivity contribution >= 4 is 38.4 Å². The average Bonchev–Trinajstić information content (AvgIpc) is 3.20. The maximum Gasteiger partial charge on any atom is 0.240 e. The lowest BCUT2D eigenvalue weighted by Crippen LogP contribution is -2.50. The summed E-state index contributed by atoms with van der Waals surface area (Å²) in [6.45, 7) is 3.79. The number of carbonyl (C=O) groups excluding carboxylic acids is 1. The van der Waals surface area contributed by atoms with Crippen molar-refractivity contribution in [3.05, 3.63) is 53.6 Å². The molecule has 0 radical (unpaired) electrons. The van der Waals surface area contributed by atoms with Crippen molar-refractivity contribution in [2.45, 2.75) is 49.6 Å². The Morgan fingerprint density at radius 2 is 1.86 bits per heavy atom. The highest BCUT2D eigenvalue weighted by atomic mass is 35.5. The number of aromatic amines is 1. The average molecular weight is 516 g/mol. The molecule has 2 N–H and O–H groups in total. The fourth-order valence-electron chi connectivity index (χ4n) is 5.15. The van der Waals surface area contributed by atoms with E-state index in [1.807, 2.05) is 42.2 Å². The Kier molecular flexibility index (Phi) is 6.90. The number of halogens is 1. The van der Waals surface area contributed by atoms with Crippen LogP contribution in [0.15, 0.2) is 53.4 Å². The van der Waals surface area contributed by atoms with Crippen molar-refractivity contribution in [2.24, 2.45) is 5.92 Å². The molecule has 7 nitrogen and oxygen atoms in total. The molecule has 0 spiro atoms. The molecule has 1 aliphatic heterocycles. The largest absolute Gasteiger partial charge is 0.377 e. The normalized spacial score (nSPS) is 23.5. The van der Waals surface area contributed by atoms with E-state index in [0.29, 0.717) is 56.0 Å². The molecule has 186 valence electrons. The highest BCUT2D eigenvalue weighted by molar-refractivity contribution is 7.89. The molecule has 1 saturated heterocycles. The van der Waals surface area contributed by atoms with Gasteiger partial charge in [0.25, 0.3) is 0 Å². The first-order valence-electron chi connectivity index (χ1n) is 12.1. The third-order valence-corrected chi connectivity index (χ3v) is 9.04. The van der Waals surface area contributed by atoms with Gasteiger partial charge in [0.1, 0.15) is 0 Å². The number of amides is 1. The van der Waals surface area contributed by atoms with Crippen LogP contribution in [0.1, 0.15) is 32.6 Å². The molecule has 2 fully saturated rings. The Bertz CT molecular complexity index is 1320. The summed E-state index contributed by atoms with van der Waals surface area (Å²) in [4.78, 5) is 18.3. The number of benzene rings is 2. The predicted molar refractivity (Wildman–Crippen MR) is 137 cm³/mol. The summed E-state index contributed by atoms with van der Waals surface area (Å²) in [7, 11) is -3.71. The van der Waals surface area contributed by atoms with Crippen LogP contribution in [0.3, 0.4) is 0 Å². The van der Waals surface area contributed by atoms with Gasteiger partial charge in [-0.15, -0.1) is 0 Å². The van der Waals surface area contributed by atoms with Crippen molar-refractivity contribution in [2.75, 3.05) is 19.8 Å². The number of morpholine rings is 1. The summed E-state index contributed by atoms with van der Waals surface area (Å²) in [6.07, 6.45) is 2.65. The van der Waals surface area contributed by atoms with Gasteiger partial charge in [0.05, 0.1) is 34.9 Å². The minimum absolute atomic E-state index is 0.0508. The molecular weight excluding hydrogens is 486 g/mol. The van der Waals surface area contributed by atoms with Gasteiger partial charge in [0.2, 0.25) is 15.9 Å². The molecule has 0 bridgehead atoms. The number of ether oxygens (including phenoxy) is 1. The maximum atomic E-state index is 13.2. The first kappa shape index (κ1) is 24.3. The van der Waals surface area contributed by atoms with Gasteiger partial charge in [-0.1, -0.05) is 41.9 Å². The Balaban J connectivity index is 1.26. The van der Waals surface area contributed by atoms with Crippen molar-refractivity contribution in [3.63, 3.8) is 0 Å². The Morgan fingerprint density at radius 3 is 2.57 bits per heavy atom. The molecule has 9 heteroatoms. The SMILES string of the molecule is CC1COCCN1C(=O)C1CCC(NS(=O)(=O)c2ccc3c(Cl)c(-c4ccccc4)[nH]c3c2)CC1. The van der Waals surface area contributed by atoms with E-state index >= 15 is 0 Å². The van der Waals surface area contributed by atoms with Gasteiger partial charge in [0.15, 0.2) is 0 Å². The minimum atomic E-state index is -3.71. The van der Waals surface area contributed by atoms with Crippen LogP contribution >= 0.6 is 11.6 Å². The lowest BCUT2D eigenvalue weighted by molar-refractivity contribution is -0.144. The molecule has 1 aliphatic carbocycles. The van der Waals surface area contributed by atoms with E-state index in [1.165, 1.54) is 0 Å². The maximum absolute atomic E-state index is 13.2. The summed E-state index contributed by atoms with van der Waals surface area (Å²) in [5.74, 6) is 0.121. The van der Waals surface area contributed by atoms with Gasteiger partial charge in [-0.05, 0) is 56.4 Å². The van der Waals surface area contributed by atoms with Crippen LogP contribution in [0, 0.1) is 5.92 Å². The van der Waals surface area contributed by atoms with Gasteiger partial charge in [0, 0.05) is 29.4 Å². The van der Waals surface area contributed by atoms with Gasteiger partial charge in [-0.25, -0.2) is 13.1 Å². The molecule has 1 unspecified atom stereocenters. The van der Waals surface area contributed by atoms with E-state index in [-0.39, 0.29) is 28.8 Å². The quantitative estimate of drug-likeness (QED) is 0.520. The molecule has 5 rings (SSSR count). The van der Waals surface area contributed by atoms with E-state index < -0.39 is 10.0 Å². The highest BCUT2D eigenvalue weighted by Gasteiger charge is 2.34. The lowest BCUT2D eigenvalue weighted by Gasteiger charge is -2.37. The summed E-state index contributed by atoms with van der Waals surface area (Å²) in [5, 5.41) is 1.35. The molecule has 3 aromatic rings. The molecule has 1 aromatic heterocycles. The van der Waals surface area contributed by atoms with Crippen LogP contribution in [0.25, 0.3) is 22.2 Å². The van der Waals surface area contributed by atoms with Crippen molar-refractivity contribution < 1.29 is 17.9 Å². The molecule has 2 aromatic carbocycles. The fourth-order valence-corrected chi connectivity index (χ4v) is 6.80. The van der Waals surface area contributed by atoms with Crippen LogP contribution in [0.4, 0.5) is 0 Å². The second kappa shape index (κ2) is 9.93. The standard InChI is InChI=1S/C26H30ClN3O4S/c1-17-16-34-14-13-30(17)26(31)19-7-9-20(10-8-19)29-35(32,33)21-11-12-22-23(15-21)28-25(24(22)27)18-5-3-2-4-6-18/h2-6,11-12,15,17,19-20,28-29H,7-10,13-14,16H2,1H3. The van der Waals surface area contributed by atoms with Gasteiger partial charge >= 0.3 is 0 Å². The second-order valence-corrected chi connectivity index (χ2v) is 11.6. The number of rotatable bonds is 5. The number of carbonyl (C=O) groups is 1. The van der Waals surface area contributed by atoms with E-state index in [0.717, 1.165) is 16.6 Å². The molecule has 1 amide bonds. The van der Waals surface area contributed by atoms with Gasteiger partial charge in [-0.3, -0.25) is 4.79 Å². The van der Waals surface area contributed by atoms with E-state index in [4.69, 9.17) is 16.3 Å². The summed E-state index contributed by atoms with van der Waals surface area (Å²) in [6, 6.07) is 14.6. The van der Waals surface area contributed by atoms with Crippen LogP contribution in [0.2, 0.25) is 5.02 Å². The zero-order valence-corrected chi connectivity index (χ0v) is 21.2. The molecule has 2 aliphatic rings. The number of nitrogens with one attached hydrogen (secondary N) is 2. The number of hydrogen-bond donors (Lipinski definition) is 2. The fraction of sp³-hybridized carbons (Fsp3) is 0.423. The number of fused-ring (bicyclic) bond motifs is 1. The molecule has 1 saturated carbocycles. The molecule has 35 heavy (non-hydrogen) atoms. The first-order valence-corrected chi connectivity index (χ1v) is 14.0.